The Kier molecular flexibility index (Phi) is 4.77. The van der Waals surface area contributed by atoms with Gasteiger partial charge in [-0.3, -0.25) is 19.9 Å². The summed E-state index contributed by atoms with van der Waals surface area (Å²) in [6.45, 7) is 3.51. The first-order valence-electron chi connectivity index (χ1n) is 8.82. The fourth-order valence-corrected chi connectivity index (χ4v) is 4.14. The van der Waals surface area contributed by atoms with Gasteiger partial charge in [0, 0.05) is 12.3 Å². The number of benzene rings is 2. The van der Waals surface area contributed by atoms with E-state index in [0.717, 1.165) is 15.8 Å². The number of aromatic nitrogens is 2. The van der Waals surface area contributed by atoms with Crippen LogP contribution in [0.5, 0.6) is 0 Å². The molecule has 0 aliphatic heterocycles. The van der Waals surface area contributed by atoms with Crippen molar-refractivity contribution < 1.29 is 9.72 Å². The number of rotatable bonds is 4. The number of anilines is 1. The maximum Gasteiger partial charge on any atom is 0.293 e. The lowest BCUT2D eigenvalue weighted by Gasteiger charge is -2.11. The number of nitrogens with zero attached hydrogens (tertiary/aromatic N) is 3. The second-order valence-corrected chi connectivity index (χ2v) is 7.60. The monoisotopic (exact) mass is 404 g/mol. The van der Waals surface area contributed by atoms with Gasteiger partial charge >= 0.3 is 0 Å². The Hall–Kier alpha value is -3.65. The molecular formula is C21H16N4O3S. The Morgan fingerprint density at radius 1 is 1.14 bits per heavy atom. The third-order valence-electron chi connectivity index (χ3n) is 4.44. The van der Waals surface area contributed by atoms with E-state index >= 15 is 0 Å². The molecule has 2 aromatic heterocycles. The normalized spacial score (nSPS) is 10.8. The number of amides is 1. The second-order valence-electron chi connectivity index (χ2n) is 6.57. The summed E-state index contributed by atoms with van der Waals surface area (Å²) in [5, 5.41) is 14.8. The van der Waals surface area contributed by atoms with Crippen molar-refractivity contribution in [3.8, 4) is 10.7 Å². The van der Waals surface area contributed by atoms with Crippen molar-refractivity contribution in [1.82, 2.24) is 9.97 Å². The number of nitrogens with one attached hydrogen (secondary N) is 1. The highest BCUT2D eigenvalue weighted by molar-refractivity contribution is 7.21. The summed E-state index contributed by atoms with van der Waals surface area (Å²) in [4.78, 5) is 32.9. The summed E-state index contributed by atoms with van der Waals surface area (Å²) >= 11 is 1.44. The number of nitro benzene ring substituents is 1. The first kappa shape index (κ1) is 18.7. The van der Waals surface area contributed by atoms with Gasteiger partial charge in [-0.15, -0.1) is 11.3 Å². The van der Waals surface area contributed by atoms with Gasteiger partial charge in [-0.25, -0.2) is 4.98 Å². The SMILES string of the molecule is Cc1cc(C)c(NC(=O)c2cccnc2-c2nc3ccccc3s2)c([N+](=O)[O-])c1. The number of hydrogen-bond donors (Lipinski definition) is 1. The van der Waals surface area contributed by atoms with E-state index in [4.69, 9.17) is 0 Å². The van der Waals surface area contributed by atoms with Crippen molar-refractivity contribution in [2.45, 2.75) is 13.8 Å². The molecule has 0 saturated heterocycles. The van der Waals surface area contributed by atoms with Crippen LogP contribution in [0.3, 0.4) is 0 Å². The van der Waals surface area contributed by atoms with E-state index in [1.54, 1.807) is 38.2 Å². The number of carbonyl (C=O) groups is 1. The van der Waals surface area contributed by atoms with Crippen LogP contribution in [-0.4, -0.2) is 20.8 Å². The first-order valence-corrected chi connectivity index (χ1v) is 9.63. The molecule has 7 nitrogen and oxygen atoms in total. The molecular weight excluding hydrogens is 388 g/mol. The zero-order valence-electron chi connectivity index (χ0n) is 15.7. The molecule has 0 unspecified atom stereocenters. The molecule has 0 saturated carbocycles. The van der Waals surface area contributed by atoms with Crippen LogP contribution in [0.1, 0.15) is 21.5 Å². The quantitative estimate of drug-likeness (QED) is 0.375. The molecule has 144 valence electrons. The van der Waals surface area contributed by atoms with E-state index in [-0.39, 0.29) is 11.4 Å². The van der Waals surface area contributed by atoms with E-state index in [9.17, 15) is 14.9 Å². The number of fused-ring (bicyclic) bond motifs is 1. The fraction of sp³-hybridized carbons (Fsp3) is 0.0952. The highest BCUT2D eigenvalue weighted by atomic mass is 32.1. The average molecular weight is 404 g/mol. The lowest BCUT2D eigenvalue weighted by Crippen LogP contribution is -2.16. The van der Waals surface area contributed by atoms with Crippen molar-refractivity contribution in [1.29, 1.82) is 0 Å². The first-order chi connectivity index (χ1) is 13.9. The fourth-order valence-electron chi connectivity index (χ4n) is 3.17. The van der Waals surface area contributed by atoms with Gasteiger partial charge in [-0.1, -0.05) is 18.2 Å². The average Bonchev–Trinajstić information content (AvgIpc) is 3.13. The molecule has 4 rings (SSSR count). The summed E-state index contributed by atoms with van der Waals surface area (Å²) in [5.74, 6) is -0.470. The number of pyridine rings is 1. The lowest BCUT2D eigenvalue weighted by atomic mass is 10.1. The minimum atomic E-state index is -0.493. The molecule has 0 spiro atoms. The molecule has 29 heavy (non-hydrogen) atoms. The van der Waals surface area contributed by atoms with Crippen molar-refractivity contribution in [2.24, 2.45) is 0 Å². The van der Waals surface area contributed by atoms with Crippen molar-refractivity contribution >= 4 is 38.8 Å². The molecule has 2 heterocycles. The van der Waals surface area contributed by atoms with Gasteiger partial charge in [0.05, 0.1) is 20.7 Å². The van der Waals surface area contributed by atoms with Crippen LogP contribution in [-0.2, 0) is 0 Å². The molecule has 2 aromatic carbocycles. The van der Waals surface area contributed by atoms with Crippen molar-refractivity contribution in [3.63, 3.8) is 0 Å². The lowest BCUT2D eigenvalue weighted by molar-refractivity contribution is -0.384. The van der Waals surface area contributed by atoms with Crippen LogP contribution in [0.4, 0.5) is 11.4 Å². The van der Waals surface area contributed by atoms with Gasteiger partial charge in [-0.2, -0.15) is 0 Å². The summed E-state index contributed by atoms with van der Waals surface area (Å²) in [7, 11) is 0. The minimum absolute atomic E-state index is 0.138. The Morgan fingerprint density at radius 3 is 2.69 bits per heavy atom. The Bertz CT molecular complexity index is 1230. The highest BCUT2D eigenvalue weighted by Crippen LogP contribution is 2.33. The van der Waals surface area contributed by atoms with Crippen LogP contribution < -0.4 is 5.32 Å². The van der Waals surface area contributed by atoms with Gasteiger partial charge in [-0.05, 0) is 49.2 Å². The van der Waals surface area contributed by atoms with Crippen molar-refractivity contribution in [2.75, 3.05) is 5.32 Å². The van der Waals surface area contributed by atoms with E-state index in [2.05, 4.69) is 15.3 Å². The van der Waals surface area contributed by atoms with Crippen molar-refractivity contribution in [3.05, 3.63) is 81.5 Å². The molecule has 0 aliphatic carbocycles. The van der Waals surface area contributed by atoms with Crippen LogP contribution in [0.15, 0.2) is 54.7 Å². The van der Waals surface area contributed by atoms with Crippen LogP contribution >= 0.6 is 11.3 Å². The van der Waals surface area contributed by atoms with E-state index in [1.807, 2.05) is 24.3 Å². The standard InChI is InChI=1S/C21H16N4O3S/c1-12-10-13(2)18(16(11-12)25(27)28)24-20(26)14-6-5-9-22-19(14)21-23-15-7-3-4-8-17(15)29-21/h3-11H,1-2H3,(H,24,26). The Morgan fingerprint density at radius 2 is 1.93 bits per heavy atom. The summed E-state index contributed by atoms with van der Waals surface area (Å²) < 4.78 is 0.990. The molecule has 1 amide bonds. The summed E-state index contributed by atoms with van der Waals surface area (Å²) in [6.07, 6.45) is 1.59. The largest absolute Gasteiger partial charge is 0.316 e. The van der Waals surface area contributed by atoms with Gasteiger partial charge in [0.1, 0.15) is 16.4 Å². The van der Waals surface area contributed by atoms with Gasteiger partial charge < -0.3 is 5.32 Å². The maximum absolute atomic E-state index is 13.0. The van der Waals surface area contributed by atoms with Gasteiger partial charge in [0.25, 0.3) is 11.6 Å². The van der Waals surface area contributed by atoms with E-state index in [0.29, 0.717) is 21.8 Å². The molecule has 8 heteroatoms. The molecule has 0 bridgehead atoms. The molecule has 0 fully saturated rings. The van der Waals surface area contributed by atoms with Gasteiger partial charge in [0.2, 0.25) is 0 Å². The van der Waals surface area contributed by atoms with E-state index < -0.39 is 10.8 Å². The second kappa shape index (κ2) is 7.40. The molecule has 0 atom stereocenters. The summed E-state index contributed by atoms with van der Waals surface area (Å²) in [5.41, 5.74) is 3.00. The Balaban J connectivity index is 1.76. The van der Waals surface area contributed by atoms with Crippen LogP contribution in [0.25, 0.3) is 20.9 Å². The number of aryl methyl sites for hydroxylation is 2. The zero-order chi connectivity index (χ0) is 20.5. The number of hydrogen-bond acceptors (Lipinski definition) is 6. The highest BCUT2D eigenvalue weighted by Gasteiger charge is 2.22. The zero-order valence-corrected chi connectivity index (χ0v) is 16.5. The molecule has 4 aromatic rings. The number of thiazole rings is 1. The topological polar surface area (TPSA) is 98.0 Å². The predicted octanol–water partition coefficient (Wildman–Crippen LogP) is 5.14. The Labute approximate surface area is 170 Å². The molecule has 0 radical (unpaired) electrons. The number of nitro groups is 1. The predicted molar refractivity (Wildman–Crippen MR) is 113 cm³/mol. The minimum Gasteiger partial charge on any atom is -0.316 e. The van der Waals surface area contributed by atoms with E-state index in [1.165, 1.54) is 17.4 Å². The molecule has 1 N–H and O–H groups in total. The smallest absolute Gasteiger partial charge is 0.293 e. The van der Waals surface area contributed by atoms with Gasteiger partial charge in [0.15, 0.2) is 0 Å². The molecule has 0 aliphatic rings. The summed E-state index contributed by atoms with van der Waals surface area (Å²) in [6, 6.07) is 14.2. The third kappa shape index (κ3) is 3.57. The number of para-hydroxylation sites is 1. The van der Waals surface area contributed by atoms with Crippen LogP contribution in [0, 0.1) is 24.0 Å². The number of carbonyl (C=O) groups excluding carboxylic acids is 1. The maximum atomic E-state index is 13.0. The van der Waals surface area contributed by atoms with Crippen LogP contribution in [0.2, 0.25) is 0 Å². The third-order valence-corrected chi connectivity index (χ3v) is 5.49.